The van der Waals surface area contributed by atoms with Crippen LogP contribution < -0.4 is 16.4 Å². The zero-order valence-corrected chi connectivity index (χ0v) is 7.32. The van der Waals surface area contributed by atoms with Crippen molar-refractivity contribution in [1.29, 1.82) is 0 Å². The molecule has 5 N–H and O–H groups in total. The number of hydrogen-bond donors (Lipinski definition) is 4. The van der Waals surface area contributed by atoms with Gasteiger partial charge < -0.3 is 16.2 Å². The highest BCUT2D eigenvalue weighted by Crippen LogP contribution is 2.03. The summed E-state index contributed by atoms with van der Waals surface area (Å²) in [7, 11) is 0. The number of carbonyl (C=O) groups excluding carboxylic acids is 2. The number of aliphatic carboxylic acids is 1. The van der Waals surface area contributed by atoms with E-state index in [1.807, 2.05) is 0 Å². The summed E-state index contributed by atoms with van der Waals surface area (Å²) in [6.45, 7) is 0. The minimum absolute atomic E-state index is 0.116. The predicted octanol–water partition coefficient (Wildman–Crippen LogP) is -2.25. The van der Waals surface area contributed by atoms with Crippen LogP contribution in [0.2, 0.25) is 0 Å². The number of carbonyl (C=O) groups is 3. The Labute approximate surface area is 79.6 Å². The molecule has 0 saturated carbocycles. The van der Waals surface area contributed by atoms with Gasteiger partial charge in [-0.15, -0.1) is 0 Å². The molecule has 0 bridgehead atoms. The van der Waals surface area contributed by atoms with Gasteiger partial charge in [0.15, 0.2) is 0 Å². The number of carboxylic acids is 1. The molecule has 7 nitrogen and oxygen atoms in total. The van der Waals surface area contributed by atoms with Crippen LogP contribution >= 0.6 is 0 Å². The highest BCUT2D eigenvalue weighted by atomic mass is 16.4. The highest BCUT2D eigenvalue weighted by Gasteiger charge is 2.30. The van der Waals surface area contributed by atoms with Crippen LogP contribution in [0.5, 0.6) is 0 Å². The van der Waals surface area contributed by atoms with E-state index in [0.717, 1.165) is 0 Å². The van der Waals surface area contributed by atoms with Crippen LogP contribution in [0.1, 0.15) is 12.8 Å². The van der Waals surface area contributed by atoms with Gasteiger partial charge in [0.1, 0.15) is 6.04 Å². The number of nitrogens with two attached hydrogens (primary N) is 1. The second kappa shape index (κ2) is 4.05. The van der Waals surface area contributed by atoms with E-state index in [0.29, 0.717) is 0 Å². The number of rotatable bonds is 3. The first-order chi connectivity index (χ1) is 6.49. The Balaban J connectivity index is 2.58. The number of carboxylic acid groups (broad SMARTS) is 1. The van der Waals surface area contributed by atoms with Crippen LogP contribution in [-0.2, 0) is 14.4 Å². The van der Waals surface area contributed by atoms with Crippen molar-refractivity contribution >= 4 is 17.8 Å². The number of nitrogens with one attached hydrogen (secondary N) is 2. The quantitative estimate of drug-likeness (QED) is 0.411. The van der Waals surface area contributed by atoms with Crippen molar-refractivity contribution in [3.8, 4) is 0 Å². The molecule has 2 amide bonds. The summed E-state index contributed by atoms with van der Waals surface area (Å²) in [5, 5.41) is 13.6. The molecule has 1 saturated heterocycles. The summed E-state index contributed by atoms with van der Waals surface area (Å²) < 4.78 is 0. The fourth-order valence-corrected chi connectivity index (χ4v) is 1.25. The summed E-state index contributed by atoms with van der Waals surface area (Å²) in [6.07, 6.45) is -0.935. The van der Waals surface area contributed by atoms with Crippen molar-refractivity contribution in [1.82, 2.24) is 10.6 Å². The van der Waals surface area contributed by atoms with E-state index < -0.39 is 30.0 Å². The van der Waals surface area contributed by atoms with E-state index in [-0.39, 0.29) is 12.8 Å². The molecule has 0 spiro atoms. The lowest BCUT2D eigenvalue weighted by Gasteiger charge is -2.28. The van der Waals surface area contributed by atoms with E-state index in [1.54, 1.807) is 0 Å². The standard InChI is InChI=1S/C7H11N3O4/c8-4(11)2-5-9-3(7(13)14)1-6(12)10-5/h3,5,9H,1-2H2,(H2,8,11)(H,10,12)(H,13,14). The average molecular weight is 201 g/mol. The number of hydrogen-bond acceptors (Lipinski definition) is 4. The molecule has 0 aromatic heterocycles. The first kappa shape index (κ1) is 10.5. The van der Waals surface area contributed by atoms with Gasteiger partial charge in [0.25, 0.3) is 0 Å². The Morgan fingerprint density at radius 1 is 1.57 bits per heavy atom. The average Bonchev–Trinajstić information content (AvgIpc) is 2.01. The van der Waals surface area contributed by atoms with Crippen molar-refractivity contribution in [3.05, 3.63) is 0 Å². The van der Waals surface area contributed by atoms with Gasteiger partial charge in [-0.25, -0.2) is 0 Å². The van der Waals surface area contributed by atoms with Crippen LogP contribution in [0.15, 0.2) is 0 Å². The lowest BCUT2D eigenvalue weighted by Crippen LogP contribution is -2.59. The van der Waals surface area contributed by atoms with Crippen molar-refractivity contribution in [2.24, 2.45) is 5.73 Å². The molecule has 1 heterocycles. The largest absolute Gasteiger partial charge is 0.480 e. The van der Waals surface area contributed by atoms with Crippen LogP contribution in [0.3, 0.4) is 0 Å². The van der Waals surface area contributed by atoms with Crippen LogP contribution in [0, 0.1) is 0 Å². The maximum Gasteiger partial charge on any atom is 0.321 e. The zero-order chi connectivity index (χ0) is 10.7. The van der Waals surface area contributed by atoms with Gasteiger partial charge in [0.05, 0.1) is 19.0 Å². The van der Waals surface area contributed by atoms with Crippen LogP contribution in [0.4, 0.5) is 0 Å². The molecule has 2 unspecified atom stereocenters. The Morgan fingerprint density at radius 2 is 2.21 bits per heavy atom. The first-order valence-electron chi connectivity index (χ1n) is 4.05. The minimum Gasteiger partial charge on any atom is -0.480 e. The third kappa shape index (κ3) is 2.70. The topological polar surface area (TPSA) is 122 Å². The third-order valence-corrected chi connectivity index (χ3v) is 1.83. The van der Waals surface area contributed by atoms with E-state index >= 15 is 0 Å². The SMILES string of the molecule is NC(=O)CC1NC(=O)CC(C(=O)O)N1. The highest BCUT2D eigenvalue weighted by molar-refractivity contribution is 5.86. The van der Waals surface area contributed by atoms with Gasteiger partial charge >= 0.3 is 5.97 Å². The van der Waals surface area contributed by atoms with Crippen LogP contribution in [-0.4, -0.2) is 35.1 Å². The molecule has 1 fully saturated rings. The van der Waals surface area contributed by atoms with Gasteiger partial charge in [-0.3, -0.25) is 19.7 Å². The van der Waals surface area contributed by atoms with Gasteiger partial charge in [0, 0.05) is 0 Å². The Kier molecular flexibility index (Phi) is 3.03. The fourth-order valence-electron chi connectivity index (χ4n) is 1.25. The lowest BCUT2D eigenvalue weighted by atomic mass is 10.1. The normalized spacial score (nSPS) is 26.7. The smallest absolute Gasteiger partial charge is 0.321 e. The van der Waals surface area contributed by atoms with Gasteiger partial charge in [-0.1, -0.05) is 0 Å². The van der Waals surface area contributed by atoms with Crippen molar-refractivity contribution in [2.45, 2.75) is 25.0 Å². The Hall–Kier alpha value is -1.63. The fraction of sp³-hybridized carbons (Fsp3) is 0.571. The monoisotopic (exact) mass is 201 g/mol. The number of amides is 2. The van der Waals surface area contributed by atoms with Gasteiger partial charge in [-0.05, 0) is 0 Å². The second-order valence-electron chi connectivity index (χ2n) is 3.05. The van der Waals surface area contributed by atoms with Crippen LogP contribution in [0.25, 0.3) is 0 Å². The maximum absolute atomic E-state index is 11.0. The molecule has 7 heteroatoms. The molecule has 1 aliphatic rings. The third-order valence-electron chi connectivity index (χ3n) is 1.83. The molecule has 78 valence electrons. The second-order valence-corrected chi connectivity index (χ2v) is 3.05. The van der Waals surface area contributed by atoms with E-state index in [9.17, 15) is 14.4 Å². The Bertz CT molecular complexity index is 276. The van der Waals surface area contributed by atoms with Crippen molar-refractivity contribution < 1.29 is 19.5 Å². The molecule has 0 radical (unpaired) electrons. The zero-order valence-electron chi connectivity index (χ0n) is 7.32. The van der Waals surface area contributed by atoms with Crippen molar-refractivity contribution in [2.75, 3.05) is 0 Å². The predicted molar refractivity (Wildman–Crippen MR) is 44.9 cm³/mol. The van der Waals surface area contributed by atoms with E-state index in [4.69, 9.17) is 10.8 Å². The molecular formula is C7H11N3O4. The van der Waals surface area contributed by atoms with Gasteiger partial charge in [-0.2, -0.15) is 0 Å². The molecule has 1 aliphatic heterocycles. The molecule has 14 heavy (non-hydrogen) atoms. The lowest BCUT2D eigenvalue weighted by molar-refractivity contribution is -0.144. The summed E-state index contributed by atoms with van der Waals surface area (Å²) in [5.74, 6) is -2.12. The molecular weight excluding hydrogens is 190 g/mol. The van der Waals surface area contributed by atoms with E-state index in [2.05, 4.69) is 10.6 Å². The summed E-state index contributed by atoms with van der Waals surface area (Å²) in [6, 6.07) is -0.951. The summed E-state index contributed by atoms with van der Waals surface area (Å²) in [5.41, 5.74) is 4.91. The molecule has 1 rings (SSSR count). The summed E-state index contributed by atoms with van der Waals surface area (Å²) in [4.78, 5) is 32.1. The summed E-state index contributed by atoms with van der Waals surface area (Å²) >= 11 is 0. The van der Waals surface area contributed by atoms with Gasteiger partial charge in [0.2, 0.25) is 11.8 Å². The number of primary amides is 1. The minimum atomic E-state index is -1.12. The maximum atomic E-state index is 11.0. The van der Waals surface area contributed by atoms with E-state index in [1.165, 1.54) is 0 Å². The first-order valence-corrected chi connectivity index (χ1v) is 4.05. The molecule has 2 atom stereocenters. The molecule has 0 aromatic rings. The van der Waals surface area contributed by atoms with Crippen molar-refractivity contribution in [3.63, 3.8) is 0 Å². The Morgan fingerprint density at radius 3 is 2.71 bits per heavy atom. The molecule has 0 aliphatic carbocycles. The molecule has 0 aromatic carbocycles.